The van der Waals surface area contributed by atoms with Gasteiger partial charge in [0.2, 0.25) is 5.91 Å². The number of nitrogens with zero attached hydrogens (tertiary/aromatic N) is 1. The van der Waals surface area contributed by atoms with Crippen molar-refractivity contribution in [3.8, 4) is 6.07 Å². The van der Waals surface area contributed by atoms with Crippen molar-refractivity contribution in [3.05, 3.63) is 27.2 Å². The van der Waals surface area contributed by atoms with Gasteiger partial charge in [0.05, 0.1) is 17.4 Å². The zero-order valence-corrected chi connectivity index (χ0v) is 16.0. The van der Waals surface area contributed by atoms with Crippen LogP contribution in [0.1, 0.15) is 62.0 Å². The molecular weight excluding hydrogens is 348 g/mol. The molecule has 138 valence electrons. The molecule has 3 rings (SSSR count). The Morgan fingerprint density at radius 2 is 1.77 bits per heavy atom. The summed E-state index contributed by atoms with van der Waals surface area (Å²) in [7, 11) is 0. The number of nitrogens with one attached hydrogen (secondary N) is 1. The highest BCUT2D eigenvalue weighted by molar-refractivity contribution is 7.16. The summed E-state index contributed by atoms with van der Waals surface area (Å²) in [5, 5.41) is 22.6. The summed E-state index contributed by atoms with van der Waals surface area (Å²) in [6, 6.07) is 2.26. The molecule has 2 unspecified atom stereocenters. The number of carbonyl (C=O) groups excluding carboxylic acids is 1. The number of carboxylic acid groups (broad SMARTS) is 1. The van der Waals surface area contributed by atoms with E-state index < -0.39 is 17.8 Å². The number of aliphatic carboxylic acids is 1. The average Bonchev–Trinajstić information content (AvgIpc) is 2.76. The van der Waals surface area contributed by atoms with Gasteiger partial charge in [0, 0.05) is 4.88 Å². The SMILES string of the molecule is CC1=C(C)CC(C(=O)Nc2sc3c(c2C#N)CCCCC3)C(C(=O)O)C1. The minimum absolute atomic E-state index is 0.280. The highest BCUT2D eigenvalue weighted by atomic mass is 32.1. The molecule has 0 aliphatic heterocycles. The van der Waals surface area contributed by atoms with Crippen LogP contribution in [0.15, 0.2) is 11.1 Å². The van der Waals surface area contributed by atoms with E-state index >= 15 is 0 Å². The van der Waals surface area contributed by atoms with Crippen LogP contribution >= 0.6 is 11.3 Å². The van der Waals surface area contributed by atoms with Crippen LogP contribution in [-0.2, 0) is 22.4 Å². The molecule has 2 aliphatic rings. The molecule has 0 aromatic carbocycles. The second-order valence-electron chi connectivity index (χ2n) is 7.39. The Hall–Kier alpha value is -2.13. The number of carboxylic acids is 1. The van der Waals surface area contributed by atoms with Crippen LogP contribution in [0.2, 0.25) is 0 Å². The summed E-state index contributed by atoms with van der Waals surface area (Å²) in [6.07, 6.45) is 6.05. The van der Waals surface area contributed by atoms with Crippen molar-refractivity contribution < 1.29 is 14.7 Å². The predicted octanol–water partition coefficient (Wildman–Crippen LogP) is 4.27. The van der Waals surface area contributed by atoms with Gasteiger partial charge in [0.25, 0.3) is 0 Å². The van der Waals surface area contributed by atoms with Crippen molar-refractivity contribution in [2.75, 3.05) is 5.32 Å². The summed E-state index contributed by atoms with van der Waals surface area (Å²) in [5.74, 6) is -2.51. The van der Waals surface area contributed by atoms with E-state index in [2.05, 4.69) is 11.4 Å². The lowest BCUT2D eigenvalue weighted by Crippen LogP contribution is -2.36. The molecule has 0 bridgehead atoms. The van der Waals surface area contributed by atoms with Crippen molar-refractivity contribution in [3.63, 3.8) is 0 Å². The van der Waals surface area contributed by atoms with Crippen molar-refractivity contribution in [1.82, 2.24) is 0 Å². The number of allylic oxidation sites excluding steroid dienone is 2. The van der Waals surface area contributed by atoms with E-state index in [9.17, 15) is 20.0 Å². The molecule has 2 N–H and O–H groups in total. The van der Waals surface area contributed by atoms with Crippen LogP contribution in [0.4, 0.5) is 5.00 Å². The molecule has 0 spiro atoms. The average molecular weight is 372 g/mol. The van der Waals surface area contributed by atoms with E-state index in [-0.39, 0.29) is 5.91 Å². The van der Waals surface area contributed by atoms with E-state index in [0.29, 0.717) is 23.4 Å². The zero-order chi connectivity index (χ0) is 18.8. The Morgan fingerprint density at radius 3 is 2.42 bits per heavy atom. The molecule has 0 fully saturated rings. The first-order valence-electron chi connectivity index (χ1n) is 9.16. The fourth-order valence-electron chi connectivity index (χ4n) is 3.98. The highest BCUT2D eigenvalue weighted by Crippen LogP contribution is 2.39. The van der Waals surface area contributed by atoms with E-state index in [4.69, 9.17) is 0 Å². The number of fused-ring (bicyclic) bond motifs is 1. The van der Waals surface area contributed by atoms with Crippen LogP contribution < -0.4 is 5.32 Å². The zero-order valence-electron chi connectivity index (χ0n) is 15.2. The van der Waals surface area contributed by atoms with E-state index in [1.807, 2.05) is 13.8 Å². The lowest BCUT2D eigenvalue weighted by Gasteiger charge is -2.29. The molecule has 1 aromatic rings. The molecule has 6 heteroatoms. The maximum atomic E-state index is 12.9. The first-order valence-corrected chi connectivity index (χ1v) is 9.97. The van der Waals surface area contributed by atoms with Crippen LogP contribution in [0, 0.1) is 23.2 Å². The molecule has 1 aromatic heterocycles. The monoisotopic (exact) mass is 372 g/mol. The predicted molar refractivity (Wildman–Crippen MR) is 101 cm³/mol. The molecule has 0 radical (unpaired) electrons. The maximum Gasteiger partial charge on any atom is 0.307 e. The minimum Gasteiger partial charge on any atom is -0.481 e. The Morgan fingerprint density at radius 1 is 1.12 bits per heavy atom. The Balaban J connectivity index is 1.86. The normalized spacial score (nSPS) is 23.0. The van der Waals surface area contributed by atoms with E-state index in [1.165, 1.54) is 22.6 Å². The molecule has 2 aliphatic carbocycles. The van der Waals surface area contributed by atoms with Crippen LogP contribution in [-0.4, -0.2) is 17.0 Å². The van der Waals surface area contributed by atoms with Gasteiger partial charge in [-0.25, -0.2) is 0 Å². The largest absolute Gasteiger partial charge is 0.481 e. The number of hydrogen-bond acceptors (Lipinski definition) is 4. The Bertz CT molecular complexity index is 816. The first kappa shape index (κ1) is 18.7. The molecule has 5 nitrogen and oxygen atoms in total. The number of anilines is 1. The Kier molecular flexibility index (Phi) is 5.47. The van der Waals surface area contributed by atoms with E-state index in [0.717, 1.165) is 42.4 Å². The van der Waals surface area contributed by atoms with Gasteiger partial charge < -0.3 is 10.4 Å². The van der Waals surface area contributed by atoms with Gasteiger partial charge in [-0.15, -0.1) is 11.3 Å². The lowest BCUT2D eigenvalue weighted by atomic mass is 9.76. The molecule has 1 amide bonds. The second kappa shape index (κ2) is 7.63. The third-order valence-corrected chi connectivity index (χ3v) is 6.90. The van der Waals surface area contributed by atoms with Gasteiger partial charge in [0.15, 0.2) is 0 Å². The molecule has 1 heterocycles. The third-order valence-electron chi connectivity index (χ3n) is 5.69. The summed E-state index contributed by atoms with van der Waals surface area (Å²) < 4.78 is 0. The van der Waals surface area contributed by atoms with Crippen molar-refractivity contribution >= 4 is 28.2 Å². The topological polar surface area (TPSA) is 90.2 Å². The van der Waals surface area contributed by atoms with Gasteiger partial charge in [0.1, 0.15) is 11.1 Å². The van der Waals surface area contributed by atoms with Crippen LogP contribution in [0.3, 0.4) is 0 Å². The number of hydrogen-bond donors (Lipinski definition) is 2. The van der Waals surface area contributed by atoms with Crippen molar-refractivity contribution in [2.24, 2.45) is 11.8 Å². The smallest absolute Gasteiger partial charge is 0.307 e. The standard InChI is InChI=1S/C20H24N2O3S/c1-11-8-14(15(20(24)25)9-12(11)2)18(23)22-19-16(10-21)13-6-4-3-5-7-17(13)26-19/h14-15H,3-9H2,1-2H3,(H,22,23)(H,24,25). The van der Waals surface area contributed by atoms with Crippen LogP contribution in [0.25, 0.3) is 0 Å². The number of amides is 1. The van der Waals surface area contributed by atoms with E-state index in [1.54, 1.807) is 0 Å². The van der Waals surface area contributed by atoms with Gasteiger partial charge in [-0.2, -0.15) is 5.26 Å². The summed E-state index contributed by atoms with van der Waals surface area (Å²) in [5.41, 5.74) is 3.80. The number of rotatable bonds is 3. The maximum absolute atomic E-state index is 12.9. The van der Waals surface area contributed by atoms with Crippen molar-refractivity contribution in [2.45, 2.75) is 58.8 Å². The molecule has 0 saturated heterocycles. The first-order chi connectivity index (χ1) is 12.4. The number of aryl methyl sites for hydroxylation is 1. The van der Waals surface area contributed by atoms with Gasteiger partial charge in [-0.05, 0) is 57.9 Å². The third kappa shape index (κ3) is 3.54. The minimum atomic E-state index is -0.931. The molecule has 26 heavy (non-hydrogen) atoms. The summed E-state index contributed by atoms with van der Waals surface area (Å²) in [6.45, 7) is 3.89. The summed E-state index contributed by atoms with van der Waals surface area (Å²) >= 11 is 1.49. The number of nitriles is 1. The summed E-state index contributed by atoms with van der Waals surface area (Å²) in [4.78, 5) is 25.7. The second-order valence-corrected chi connectivity index (χ2v) is 8.49. The fraction of sp³-hybridized carbons (Fsp3) is 0.550. The Labute approximate surface area is 157 Å². The quantitative estimate of drug-likeness (QED) is 0.612. The number of thiophene rings is 1. The van der Waals surface area contributed by atoms with Gasteiger partial charge in [-0.1, -0.05) is 17.6 Å². The van der Waals surface area contributed by atoms with Gasteiger partial charge >= 0.3 is 5.97 Å². The fourth-order valence-corrected chi connectivity index (χ4v) is 5.22. The molecule has 2 atom stereocenters. The number of carbonyl (C=O) groups is 2. The lowest BCUT2D eigenvalue weighted by molar-refractivity contribution is -0.146. The van der Waals surface area contributed by atoms with Crippen molar-refractivity contribution in [1.29, 1.82) is 5.26 Å². The van der Waals surface area contributed by atoms with Crippen LogP contribution in [0.5, 0.6) is 0 Å². The molecule has 0 saturated carbocycles. The molecular formula is C20H24N2O3S. The van der Waals surface area contributed by atoms with Gasteiger partial charge in [-0.3, -0.25) is 9.59 Å². The highest BCUT2D eigenvalue weighted by Gasteiger charge is 2.37.